The highest BCUT2D eigenvalue weighted by atomic mass is 28.4. The third-order valence-electron chi connectivity index (χ3n) is 4.62. The molecule has 0 atom stereocenters. The van der Waals surface area contributed by atoms with Gasteiger partial charge in [0.2, 0.25) is 0 Å². The highest BCUT2D eigenvalue weighted by molar-refractivity contribution is 6.74. The molecular weight excluding hydrogens is 408 g/mol. The molecule has 9 heteroatoms. The molecule has 0 N–H and O–H groups in total. The van der Waals surface area contributed by atoms with Gasteiger partial charge in [-0.2, -0.15) is 0 Å². The Bertz CT molecular complexity index is 437. The maximum absolute atomic E-state index is 10.8. The number of carbonyl (C=O) groups excluding carboxylic acids is 1. The van der Waals surface area contributed by atoms with Crippen molar-refractivity contribution in [3.05, 3.63) is 12.7 Å². The van der Waals surface area contributed by atoms with Gasteiger partial charge in [0.1, 0.15) is 6.61 Å². The zero-order valence-corrected chi connectivity index (χ0v) is 20.5. The van der Waals surface area contributed by atoms with E-state index in [-0.39, 0.29) is 11.6 Å². The SMILES string of the molecule is C=CC(=O)OCCOCCOCCOCCOCCOCCO[Si](C)(C)C(C)(C)C. The first-order valence-electron chi connectivity index (χ1n) is 10.5. The molecule has 0 aromatic heterocycles. The molecule has 0 aliphatic heterocycles. The third-order valence-corrected chi connectivity index (χ3v) is 9.16. The maximum atomic E-state index is 10.8. The van der Waals surface area contributed by atoms with Crippen molar-refractivity contribution >= 4 is 14.3 Å². The van der Waals surface area contributed by atoms with Crippen molar-refractivity contribution in [3.63, 3.8) is 0 Å². The van der Waals surface area contributed by atoms with Crippen molar-refractivity contribution in [3.8, 4) is 0 Å². The van der Waals surface area contributed by atoms with Gasteiger partial charge in [0.05, 0.1) is 72.7 Å². The minimum absolute atomic E-state index is 0.212. The quantitative estimate of drug-likeness (QED) is 0.121. The average molecular weight is 451 g/mol. The van der Waals surface area contributed by atoms with Crippen molar-refractivity contribution in [1.82, 2.24) is 0 Å². The van der Waals surface area contributed by atoms with Gasteiger partial charge >= 0.3 is 5.97 Å². The van der Waals surface area contributed by atoms with Gasteiger partial charge in [-0.15, -0.1) is 0 Å². The Hall–Kier alpha value is -0.813. The van der Waals surface area contributed by atoms with E-state index in [4.69, 9.17) is 32.8 Å². The molecule has 0 amide bonds. The summed E-state index contributed by atoms with van der Waals surface area (Å²) in [6.45, 7) is 20.3. The monoisotopic (exact) mass is 450 g/mol. The molecule has 8 nitrogen and oxygen atoms in total. The summed E-state index contributed by atoms with van der Waals surface area (Å²) in [6.07, 6.45) is 1.12. The van der Waals surface area contributed by atoms with Crippen molar-refractivity contribution in [2.24, 2.45) is 0 Å². The fourth-order valence-electron chi connectivity index (χ4n) is 1.81. The lowest BCUT2D eigenvalue weighted by atomic mass is 10.2. The first-order valence-corrected chi connectivity index (χ1v) is 13.4. The number of rotatable bonds is 20. The van der Waals surface area contributed by atoms with E-state index < -0.39 is 14.3 Å². The molecule has 0 aromatic carbocycles. The van der Waals surface area contributed by atoms with Crippen molar-refractivity contribution in [1.29, 1.82) is 0 Å². The molecule has 0 aromatic rings. The van der Waals surface area contributed by atoms with Crippen LogP contribution < -0.4 is 0 Å². The minimum atomic E-state index is -1.68. The van der Waals surface area contributed by atoms with Crippen LogP contribution in [0.2, 0.25) is 18.1 Å². The van der Waals surface area contributed by atoms with Crippen LogP contribution in [0.5, 0.6) is 0 Å². The fraction of sp³-hybridized carbons (Fsp3) is 0.857. The van der Waals surface area contributed by atoms with Gasteiger partial charge in [0.15, 0.2) is 8.32 Å². The number of hydrogen-bond donors (Lipinski definition) is 0. The zero-order chi connectivity index (χ0) is 22.7. The Morgan fingerprint density at radius 1 is 0.700 bits per heavy atom. The Morgan fingerprint density at radius 2 is 1.03 bits per heavy atom. The first-order chi connectivity index (χ1) is 14.2. The van der Waals surface area contributed by atoms with Crippen LogP contribution in [0.1, 0.15) is 20.8 Å². The van der Waals surface area contributed by atoms with Crippen LogP contribution in [-0.2, 0) is 37.6 Å². The molecule has 0 unspecified atom stereocenters. The van der Waals surface area contributed by atoms with E-state index in [2.05, 4.69) is 40.4 Å². The Balaban J connectivity index is 3.22. The smallest absolute Gasteiger partial charge is 0.330 e. The van der Waals surface area contributed by atoms with Crippen LogP contribution in [0.15, 0.2) is 12.7 Å². The van der Waals surface area contributed by atoms with Crippen molar-refractivity contribution in [2.75, 3.05) is 79.3 Å². The molecule has 178 valence electrons. The van der Waals surface area contributed by atoms with Gasteiger partial charge in [0.25, 0.3) is 0 Å². The number of esters is 1. The predicted molar refractivity (Wildman–Crippen MR) is 118 cm³/mol. The van der Waals surface area contributed by atoms with Gasteiger partial charge in [0, 0.05) is 6.08 Å². The summed E-state index contributed by atoms with van der Waals surface area (Å²) < 4.78 is 37.8. The van der Waals surface area contributed by atoms with Gasteiger partial charge in [-0.3, -0.25) is 0 Å². The van der Waals surface area contributed by atoms with E-state index in [1.165, 1.54) is 0 Å². The molecule has 0 aliphatic carbocycles. The van der Waals surface area contributed by atoms with Crippen LogP contribution in [0.25, 0.3) is 0 Å². The van der Waals surface area contributed by atoms with E-state index in [9.17, 15) is 4.79 Å². The Morgan fingerprint density at radius 3 is 1.37 bits per heavy atom. The van der Waals surface area contributed by atoms with E-state index >= 15 is 0 Å². The maximum Gasteiger partial charge on any atom is 0.330 e. The van der Waals surface area contributed by atoms with E-state index in [1.54, 1.807) is 0 Å². The van der Waals surface area contributed by atoms with Gasteiger partial charge in [-0.1, -0.05) is 27.4 Å². The molecule has 0 fully saturated rings. The van der Waals surface area contributed by atoms with E-state index in [1.807, 2.05) is 0 Å². The van der Waals surface area contributed by atoms with Gasteiger partial charge in [-0.05, 0) is 18.1 Å². The van der Waals surface area contributed by atoms with Crippen molar-refractivity contribution < 1.29 is 37.6 Å². The lowest BCUT2D eigenvalue weighted by molar-refractivity contribution is -0.139. The highest BCUT2D eigenvalue weighted by Gasteiger charge is 2.36. The summed E-state index contributed by atoms with van der Waals surface area (Å²) in [5.41, 5.74) is 0. The largest absolute Gasteiger partial charge is 0.460 e. The Labute approximate surface area is 183 Å². The molecule has 0 heterocycles. The second kappa shape index (κ2) is 17.8. The molecule has 0 bridgehead atoms. The van der Waals surface area contributed by atoms with Crippen LogP contribution in [0.3, 0.4) is 0 Å². The second-order valence-electron chi connectivity index (χ2n) is 8.04. The van der Waals surface area contributed by atoms with E-state index in [0.717, 1.165) is 6.08 Å². The molecule has 30 heavy (non-hydrogen) atoms. The van der Waals surface area contributed by atoms with Gasteiger partial charge in [-0.25, -0.2) is 4.79 Å². The van der Waals surface area contributed by atoms with E-state index in [0.29, 0.717) is 72.7 Å². The molecule has 0 saturated heterocycles. The summed E-state index contributed by atoms with van der Waals surface area (Å²) in [4.78, 5) is 10.8. The predicted octanol–water partition coefficient (Wildman–Crippen LogP) is 2.82. The first kappa shape index (κ1) is 29.2. The average Bonchev–Trinajstić information content (AvgIpc) is 2.68. The topological polar surface area (TPSA) is 81.7 Å². The highest BCUT2D eigenvalue weighted by Crippen LogP contribution is 2.36. The van der Waals surface area contributed by atoms with Crippen LogP contribution >= 0.6 is 0 Å². The summed E-state index contributed by atoms with van der Waals surface area (Å²) in [5, 5.41) is 0.220. The summed E-state index contributed by atoms with van der Waals surface area (Å²) in [7, 11) is -1.68. The normalized spacial score (nSPS) is 12.2. The molecule has 0 aliphatic rings. The summed E-state index contributed by atoms with van der Waals surface area (Å²) in [6, 6.07) is 0. The molecule has 0 radical (unpaired) electrons. The number of carbonyl (C=O) groups is 1. The molecule has 0 rings (SSSR count). The van der Waals surface area contributed by atoms with Crippen LogP contribution in [0, 0.1) is 0 Å². The van der Waals surface area contributed by atoms with Crippen molar-refractivity contribution in [2.45, 2.75) is 38.9 Å². The van der Waals surface area contributed by atoms with Crippen LogP contribution in [-0.4, -0.2) is 93.6 Å². The number of ether oxygens (including phenoxy) is 6. The molecule has 0 saturated carbocycles. The number of hydrogen-bond acceptors (Lipinski definition) is 8. The molecular formula is C21H42O8Si. The standard InChI is InChI=1S/C21H42O8Si/c1-7-20(22)28-18-16-26-14-12-24-10-8-23-9-11-25-13-15-27-17-19-29-30(5,6)21(2,3)4/h7H,1,8-19H2,2-6H3. The van der Waals surface area contributed by atoms with Gasteiger partial charge < -0.3 is 32.8 Å². The zero-order valence-electron chi connectivity index (χ0n) is 19.5. The summed E-state index contributed by atoms with van der Waals surface area (Å²) >= 11 is 0. The van der Waals surface area contributed by atoms with Crippen LogP contribution in [0.4, 0.5) is 0 Å². The Kier molecular flexibility index (Phi) is 17.3. The fourth-order valence-corrected chi connectivity index (χ4v) is 2.84. The minimum Gasteiger partial charge on any atom is -0.460 e. The third kappa shape index (κ3) is 16.9. The lowest BCUT2D eigenvalue weighted by Gasteiger charge is -2.36. The molecule has 0 spiro atoms. The summed E-state index contributed by atoms with van der Waals surface area (Å²) in [5.74, 6) is -0.449. The lowest BCUT2D eigenvalue weighted by Crippen LogP contribution is -2.41. The second-order valence-corrected chi connectivity index (χ2v) is 12.9.